The largest absolute Gasteiger partial charge is 0.477 e. The highest BCUT2D eigenvalue weighted by molar-refractivity contribution is 5.88. The van der Waals surface area contributed by atoms with Crippen molar-refractivity contribution in [3.8, 4) is 0 Å². The smallest absolute Gasteiger partial charge is 0.416 e. The molecule has 0 aliphatic carbocycles. The van der Waals surface area contributed by atoms with Gasteiger partial charge >= 0.3 is 12.1 Å². The fraction of sp³-hybridized carbons (Fsp3) is 0.267. The zero-order valence-electron chi connectivity index (χ0n) is 11.5. The molecule has 1 heterocycles. The molecule has 0 fully saturated rings. The number of nitrogens with one attached hydrogen (secondary N) is 1. The van der Waals surface area contributed by atoms with Crippen LogP contribution in [0.3, 0.4) is 0 Å². The van der Waals surface area contributed by atoms with E-state index in [1.807, 2.05) is 0 Å². The molecule has 3 nitrogen and oxygen atoms in total. The summed E-state index contributed by atoms with van der Waals surface area (Å²) in [5.41, 5.74) is 2.25. The van der Waals surface area contributed by atoms with E-state index >= 15 is 0 Å². The van der Waals surface area contributed by atoms with Gasteiger partial charge in [0.2, 0.25) is 0 Å². The standard InChI is InChI=1S/C15H14F3NO2/c1-8-12(9(2)19-13(8)14(20)21)7-10-3-5-11(6-4-10)15(16,17)18/h3-6,19H,7H2,1-2H3,(H,20,21). The van der Waals surface area contributed by atoms with E-state index in [1.165, 1.54) is 12.1 Å². The number of aromatic carboxylic acids is 1. The maximum atomic E-state index is 12.5. The molecule has 0 aliphatic rings. The lowest BCUT2D eigenvalue weighted by Crippen LogP contribution is -2.04. The Morgan fingerprint density at radius 3 is 2.19 bits per heavy atom. The molecule has 0 radical (unpaired) electrons. The Bertz CT molecular complexity index is 669. The number of hydrogen-bond acceptors (Lipinski definition) is 1. The number of carbonyl (C=O) groups is 1. The van der Waals surface area contributed by atoms with E-state index in [0.29, 0.717) is 23.2 Å². The molecule has 6 heteroatoms. The van der Waals surface area contributed by atoms with Gasteiger partial charge in [0.1, 0.15) is 5.69 Å². The van der Waals surface area contributed by atoms with E-state index in [-0.39, 0.29) is 5.69 Å². The van der Waals surface area contributed by atoms with E-state index in [9.17, 15) is 18.0 Å². The number of rotatable bonds is 3. The van der Waals surface area contributed by atoms with E-state index in [4.69, 9.17) is 5.11 Å². The van der Waals surface area contributed by atoms with Crippen LogP contribution in [-0.2, 0) is 12.6 Å². The molecule has 0 saturated carbocycles. The third-order valence-corrected chi connectivity index (χ3v) is 3.47. The van der Waals surface area contributed by atoms with Gasteiger partial charge in [0.05, 0.1) is 5.56 Å². The Balaban J connectivity index is 2.29. The molecule has 1 aromatic carbocycles. The van der Waals surface area contributed by atoms with Crippen LogP contribution < -0.4 is 0 Å². The first-order valence-electron chi connectivity index (χ1n) is 6.27. The summed E-state index contributed by atoms with van der Waals surface area (Å²) in [5, 5.41) is 9.04. The van der Waals surface area contributed by atoms with Crippen molar-refractivity contribution in [2.45, 2.75) is 26.4 Å². The van der Waals surface area contributed by atoms with Gasteiger partial charge < -0.3 is 10.1 Å². The predicted octanol–water partition coefficient (Wildman–Crippen LogP) is 3.94. The van der Waals surface area contributed by atoms with Gasteiger partial charge in [0, 0.05) is 5.69 Å². The predicted molar refractivity (Wildman–Crippen MR) is 71.5 cm³/mol. The lowest BCUT2D eigenvalue weighted by atomic mass is 10.00. The molecule has 0 aliphatic heterocycles. The molecule has 0 amide bonds. The zero-order valence-corrected chi connectivity index (χ0v) is 11.5. The van der Waals surface area contributed by atoms with Gasteiger partial charge in [-0.1, -0.05) is 12.1 Å². The first-order chi connectivity index (χ1) is 9.70. The highest BCUT2D eigenvalue weighted by Crippen LogP contribution is 2.30. The van der Waals surface area contributed by atoms with Crippen molar-refractivity contribution in [2.24, 2.45) is 0 Å². The molecule has 0 bridgehead atoms. The number of halogens is 3. The summed E-state index contributed by atoms with van der Waals surface area (Å²) in [6, 6.07) is 4.89. The summed E-state index contributed by atoms with van der Waals surface area (Å²) in [5.74, 6) is -1.05. The summed E-state index contributed by atoms with van der Waals surface area (Å²) in [4.78, 5) is 13.8. The van der Waals surface area contributed by atoms with Gasteiger partial charge in [-0.3, -0.25) is 0 Å². The van der Waals surface area contributed by atoms with Crippen LogP contribution in [0.15, 0.2) is 24.3 Å². The first kappa shape index (κ1) is 15.2. The maximum Gasteiger partial charge on any atom is 0.416 e. The molecule has 0 atom stereocenters. The third-order valence-electron chi connectivity index (χ3n) is 3.47. The average Bonchev–Trinajstić information content (AvgIpc) is 2.66. The molecule has 0 spiro atoms. The Morgan fingerprint density at radius 1 is 1.19 bits per heavy atom. The molecule has 2 N–H and O–H groups in total. The normalized spacial score (nSPS) is 11.7. The number of aryl methyl sites for hydroxylation is 1. The van der Waals surface area contributed by atoms with Gasteiger partial charge in [-0.05, 0) is 49.1 Å². The number of carboxylic acids is 1. The number of hydrogen-bond donors (Lipinski definition) is 2. The fourth-order valence-corrected chi connectivity index (χ4v) is 2.28. The van der Waals surface area contributed by atoms with Crippen LogP contribution in [-0.4, -0.2) is 16.1 Å². The number of H-pyrrole nitrogens is 1. The highest BCUT2D eigenvalue weighted by atomic mass is 19.4. The minimum Gasteiger partial charge on any atom is -0.477 e. The molecule has 112 valence electrons. The average molecular weight is 297 g/mol. The second-order valence-electron chi connectivity index (χ2n) is 4.91. The Labute approximate surface area is 119 Å². The summed E-state index contributed by atoms with van der Waals surface area (Å²) < 4.78 is 37.5. The van der Waals surface area contributed by atoms with Crippen LogP contribution in [0.1, 0.15) is 38.4 Å². The van der Waals surface area contributed by atoms with Gasteiger partial charge in [-0.15, -0.1) is 0 Å². The molecule has 0 unspecified atom stereocenters. The molecular formula is C15H14F3NO2. The SMILES string of the molecule is Cc1[nH]c(C(=O)O)c(C)c1Cc1ccc(C(F)(F)F)cc1. The van der Waals surface area contributed by atoms with E-state index in [0.717, 1.165) is 17.7 Å². The molecule has 2 rings (SSSR count). The van der Waals surface area contributed by atoms with Crippen LogP contribution in [0.4, 0.5) is 13.2 Å². The topological polar surface area (TPSA) is 53.1 Å². The van der Waals surface area contributed by atoms with Crippen molar-refractivity contribution in [3.63, 3.8) is 0 Å². The summed E-state index contributed by atoms with van der Waals surface area (Å²) in [6.07, 6.45) is -3.96. The summed E-state index contributed by atoms with van der Waals surface area (Å²) >= 11 is 0. The summed E-state index contributed by atoms with van der Waals surface area (Å²) in [6.45, 7) is 3.44. The number of alkyl halides is 3. The second-order valence-corrected chi connectivity index (χ2v) is 4.91. The van der Waals surface area contributed by atoms with Gasteiger partial charge in [0.25, 0.3) is 0 Å². The third kappa shape index (κ3) is 3.09. The monoisotopic (exact) mass is 297 g/mol. The zero-order chi connectivity index (χ0) is 15.8. The number of benzene rings is 1. The van der Waals surface area contributed by atoms with Crippen LogP contribution in [0.5, 0.6) is 0 Å². The highest BCUT2D eigenvalue weighted by Gasteiger charge is 2.30. The van der Waals surface area contributed by atoms with Crippen molar-refractivity contribution in [1.82, 2.24) is 4.98 Å². The van der Waals surface area contributed by atoms with Crippen LogP contribution in [0.2, 0.25) is 0 Å². The van der Waals surface area contributed by atoms with Crippen molar-refractivity contribution < 1.29 is 23.1 Å². The van der Waals surface area contributed by atoms with Crippen molar-refractivity contribution in [2.75, 3.05) is 0 Å². The summed E-state index contributed by atoms with van der Waals surface area (Å²) in [7, 11) is 0. The minimum absolute atomic E-state index is 0.120. The van der Waals surface area contributed by atoms with Crippen LogP contribution in [0.25, 0.3) is 0 Å². The quantitative estimate of drug-likeness (QED) is 0.901. The molecule has 1 aromatic heterocycles. The van der Waals surface area contributed by atoms with E-state index in [1.54, 1.807) is 13.8 Å². The number of carboxylic acid groups (broad SMARTS) is 1. The van der Waals surface area contributed by atoms with Crippen molar-refractivity contribution >= 4 is 5.97 Å². The minimum atomic E-state index is -4.35. The Kier molecular flexibility index (Phi) is 3.80. The first-order valence-corrected chi connectivity index (χ1v) is 6.27. The molecule has 0 saturated heterocycles. The van der Waals surface area contributed by atoms with Crippen LogP contribution in [0, 0.1) is 13.8 Å². The van der Waals surface area contributed by atoms with Gasteiger partial charge in [-0.2, -0.15) is 13.2 Å². The lowest BCUT2D eigenvalue weighted by molar-refractivity contribution is -0.137. The van der Waals surface area contributed by atoms with Gasteiger partial charge in [-0.25, -0.2) is 4.79 Å². The lowest BCUT2D eigenvalue weighted by Gasteiger charge is -2.08. The van der Waals surface area contributed by atoms with E-state index < -0.39 is 17.7 Å². The Morgan fingerprint density at radius 2 is 1.76 bits per heavy atom. The van der Waals surface area contributed by atoms with Gasteiger partial charge in [0.15, 0.2) is 0 Å². The fourth-order valence-electron chi connectivity index (χ4n) is 2.28. The van der Waals surface area contributed by atoms with Crippen molar-refractivity contribution in [1.29, 1.82) is 0 Å². The molecule has 21 heavy (non-hydrogen) atoms. The maximum absolute atomic E-state index is 12.5. The number of aromatic amines is 1. The molecule has 2 aromatic rings. The van der Waals surface area contributed by atoms with Crippen molar-refractivity contribution in [3.05, 3.63) is 57.9 Å². The number of aromatic nitrogens is 1. The van der Waals surface area contributed by atoms with E-state index in [2.05, 4.69) is 4.98 Å². The second kappa shape index (κ2) is 5.27. The Hall–Kier alpha value is -2.24. The molecular weight excluding hydrogens is 283 g/mol. The van der Waals surface area contributed by atoms with Crippen LogP contribution >= 0.6 is 0 Å².